The van der Waals surface area contributed by atoms with Crippen LogP contribution in [0.4, 0.5) is 5.69 Å². The van der Waals surface area contributed by atoms with E-state index >= 15 is 0 Å². The zero-order valence-corrected chi connectivity index (χ0v) is 10.6. The zero-order chi connectivity index (χ0) is 14.7. The molecule has 0 bridgehead atoms. The highest BCUT2D eigenvalue weighted by Gasteiger charge is 2.12. The summed E-state index contributed by atoms with van der Waals surface area (Å²) in [6, 6.07) is 6.30. The molecular weight excluding hydrogens is 286 g/mol. The Morgan fingerprint density at radius 2 is 2.00 bits per heavy atom. The molecule has 0 aliphatic carbocycles. The number of rotatable bonds is 3. The third kappa shape index (κ3) is 3.01. The molecule has 1 amide bonds. The monoisotopic (exact) mass is 293 g/mol. The summed E-state index contributed by atoms with van der Waals surface area (Å²) in [6.07, 6.45) is 0. The predicted octanol–water partition coefficient (Wildman–Crippen LogP) is 1.37. The third-order valence-electron chi connectivity index (χ3n) is 2.37. The van der Waals surface area contributed by atoms with Gasteiger partial charge in [0.2, 0.25) is 0 Å². The number of anilines is 1. The maximum Gasteiger partial charge on any atom is 0.335 e. The Kier molecular flexibility index (Phi) is 3.81. The van der Waals surface area contributed by atoms with Gasteiger partial charge in [-0.2, -0.15) is 5.10 Å². The number of carbonyl (C=O) groups is 2. The van der Waals surface area contributed by atoms with E-state index in [1.54, 1.807) is 0 Å². The van der Waals surface area contributed by atoms with Crippen molar-refractivity contribution in [2.45, 2.75) is 0 Å². The molecule has 0 fully saturated rings. The van der Waals surface area contributed by atoms with Crippen molar-refractivity contribution in [1.29, 1.82) is 0 Å². The average molecular weight is 294 g/mol. The van der Waals surface area contributed by atoms with Crippen molar-refractivity contribution in [3.63, 3.8) is 0 Å². The van der Waals surface area contributed by atoms with Crippen LogP contribution in [0.2, 0.25) is 5.02 Å². The van der Waals surface area contributed by atoms with E-state index in [4.69, 9.17) is 16.7 Å². The van der Waals surface area contributed by atoms with E-state index in [1.807, 2.05) is 0 Å². The highest BCUT2D eigenvalue weighted by atomic mass is 35.5. The van der Waals surface area contributed by atoms with E-state index < -0.39 is 17.4 Å². The van der Waals surface area contributed by atoms with Gasteiger partial charge in [0.05, 0.1) is 16.3 Å². The zero-order valence-electron chi connectivity index (χ0n) is 9.88. The molecule has 1 heterocycles. The minimum atomic E-state index is -1.14. The number of aromatic carboxylic acids is 1. The summed E-state index contributed by atoms with van der Waals surface area (Å²) in [5.74, 6) is -1.76. The highest BCUT2D eigenvalue weighted by Crippen LogP contribution is 2.23. The van der Waals surface area contributed by atoms with Crippen molar-refractivity contribution >= 4 is 29.2 Å². The van der Waals surface area contributed by atoms with Gasteiger partial charge in [0.25, 0.3) is 11.5 Å². The molecule has 2 aromatic rings. The number of aromatic nitrogens is 2. The number of nitrogens with zero attached hydrogens (tertiary/aromatic N) is 1. The van der Waals surface area contributed by atoms with Gasteiger partial charge in [0.1, 0.15) is 5.69 Å². The molecule has 1 aromatic carbocycles. The number of hydrogen-bond acceptors (Lipinski definition) is 4. The smallest absolute Gasteiger partial charge is 0.335 e. The topological polar surface area (TPSA) is 112 Å². The number of carboxylic acid groups (broad SMARTS) is 1. The molecule has 0 radical (unpaired) electrons. The number of nitrogens with one attached hydrogen (secondary N) is 2. The van der Waals surface area contributed by atoms with Gasteiger partial charge in [-0.3, -0.25) is 9.59 Å². The van der Waals surface area contributed by atoms with Crippen molar-refractivity contribution in [3.8, 4) is 0 Å². The second-order valence-electron chi connectivity index (χ2n) is 3.76. The Bertz CT molecular complexity index is 721. The first-order valence-electron chi connectivity index (χ1n) is 5.37. The van der Waals surface area contributed by atoms with Gasteiger partial charge in [-0.15, -0.1) is 0 Å². The largest absolute Gasteiger partial charge is 0.478 e. The molecule has 0 unspecified atom stereocenters. The fraction of sp³-hybridized carbons (Fsp3) is 0. The quantitative estimate of drug-likeness (QED) is 0.791. The number of amides is 1. The van der Waals surface area contributed by atoms with E-state index in [0.29, 0.717) is 0 Å². The van der Waals surface area contributed by atoms with Crippen molar-refractivity contribution < 1.29 is 14.7 Å². The summed E-state index contributed by atoms with van der Waals surface area (Å²) in [6.45, 7) is 0. The molecule has 3 N–H and O–H groups in total. The number of H-pyrrole nitrogens is 1. The Labute approximate surface area is 117 Å². The first-order valence-corrected chi connectivity index (χ1v) is 5.75. The molecule has 7 nitrogen and oxygen atoms in total. The van der Waals surface area contributed by atoms with E-state index in [0.717, 1.165) is 6.07 Å². The van der Waals surface area contributed by atoms with Crippen LogP contribution in [0.25, 0.3) is 0 Å². The number of carbonyl (C=O) groups excluding carboxylic acids is 1. The van der Waals surface area contributed by atoms with Crippen molar-refractivity contribution in [3.05, 3.63) is 57.0 Å². The van der Waals surface area contributed by atoms with Crippen molar-refractivity contribution in [1.82, 2.24) is 10.2 Å². The van der Waals surface area contributed by atoms with Crippen molar-refractivity contribution in [2.24, 2.45) is 0 Å². The van der Waals surface area contributed by atoms with E-state index in [2.05, 4.69) is 15.5 Å². The SMILES string of the molecule is O=C(O)c1ccc(Cl)c(NC(=O)c2ccc(=O)[nH]n2)c1. The van der Waals surface area contributed by atoms with Crippen LogP contribution in [0.15, 0.2) is 35.1 Å². The first kappa shape index (κ1) is 13.8. The van der Waals surface area contributed by atoms with Crippen LogP contribution in [-0.2, 0) is 0 Å². The molecule has 1 aromatic heterocycles. The number of halogens is 1. The fourth-order valence-electron chi connectivity index (χ4n) is 1.41. The van der Waals surface area contributed by atoms with Crippen LogP contribution in [0.1, 0.15) is 20.8 Å². The molecule has 0 aliphatic rings. The lowest BCUT2D eigenvalue weighted by molar-refractivity contribution is 0.0696. The van der Waals surface area contributed by atoms with Crippen LogP contribution in [0, 0.1) is 0 Å². The number of hydrogen-bond donors (Lipinski definition) is 3. The van der Waals surface area contributed by atoms with E-state index in [9.17, 15) is 14.4 Å². The minimum Gasteiger partial charge on any atom is -0.478 e. The predicted molar refractivity (Wildman–Crippen MR) is 71.2 cm³/mol. The van der Waals surface area contributed by atoms with Gasteiger partial charge >= 0.3 is 5.97 Å². The lowest BCUT2D eigenvalue weighted by atomic mass is 10.2. The summed E-state index contributed by atoms with van der Waals surface area (Å²) in [7, 11) is 0. The van der Waals surface area contributed by atoms with Gasteiger partial charge in [-0.05, 0) is 24.3 Å². The fourth-order valence-corrected chi connectivity index (χ4v) is 1.58. The second-order valence-corrected chi connectivity index (χ2v) is 4.17. The number of benzene rings is 1. The lowest BCUT2D eigenvalue weighted by Gasteiger charge is -2.07. The standard InChI is InChI=1S/C12H8ClN3O4/c13-7-2-1-6(12(19)20)5-9(7)14-11(18)8-3-4-10(17)16-15-8/h1-5H,(H,14,18)(H,16,17)(H,19,20). The molecule has 0 saturated heterocycles. The third-order valence-corrected chi connectivity index (χ3v) is 2.70. The number of aromatic amines is 1. The van der Waals surface area contributed by atoms with Crippen LogP contribution < -0.4 is 10.9 Å². The van der Waals surface area contributed by atoms with Gasteiger partial charge in [-0.25, -0.2) is 9.89 Å². The molecule has 8 heteroatoms. The lowest BCUT2D eigenvalue weighted by Crippen LogP contribution is -2.18. The summed E-state index contributed by atoms with van der Waals surface area (Å²) >= 11 is 5.87. The van der Waals surface area contributed by atoms with Crippen LogP contribution in [0.5, 0.6) is 0 Å². The Morgan fingerprint density at radius 1 is 1.25 bits per heavy atom. The molecule has 0 aliphatic heterocycles. The van der Waals surface area contributed by atoms with Gasteiger partial charge in [-0.1, -0.05) is 11.6 Å². The molecule has 2 rings (SSSR count). The molecular formula is C12H8ClN3O4. The Hall–Kier alpha value is -2.67. The van der Waals surface area contributed by atoms with Crippen LogP contribution in [-0.4, -0.2) is 27.2 Å². The molecule has 102 valence electrons. The Morgan fingerprint density at radius 3 is 2.60 bits per heavy atom. The Balaban J connectivity index is 2.27. The summed E-state index contributed by atoms with van der Waals surface area (Å²) in [5.41, 5.74) is -0.336. The molecule has 0 spiro atoms. The molecule has 0 atom stereocenters. The second kappa shape index (κ2) is 5.54. The van der Waals surface area contributed by atoms with Crippen molar-refractivity contribution in [2.75, 3.05) is 5.32 Å². The van der Waals surface area contributed by atoms with Gasteiger partial charge < -0.3 is 10.4 Å². The molecule has 20 heavy (non-hydrogen) atoms. The summed E-state index contributed by atoms with van der Waals surface area (Å²) in [5, 5.41) is 17.2. The normalized spacial score (nSPS) is 10.1. The van der Waals surface area contributed by atoms with Gasteiger partial charge in [0, 0.05) is 6.07 Å². The van der Waals surface area contributed by atoms with Gasteiger partial charge in [0.15, 0.2) is 0 Å². The van der Waals surface area contributed by atoms with Crippen LogP contribution in [0.3, 0.4) is 0 Å². The van der Waals surface area contributed by atoms with Crippen LogP contribution >= 0.6 is 11.6 Å². The molecule has 0 saturated carbocycles. The first-order chi connectivity index (χ1) is 9.47. The average Bonchev–Trinajstić information content (AvgIpc) is 2.41. The summed E-state index contributed by atoms with van der Waals surface area (Å²) in [4.78, 5) is 33.5. The summed E-state index contributed by atoms with van der Waals surface area (Å²) < 4.78 is 0. The highest BCUT2D eigenvalue weighted by molar-refractivity contribution is 6.34. The maximum atomic E-state index is 11.9. The number of carboxylic acids is 1. The maximum absolute atomic E-state index is 11.9. The van der Waals surface area contributed by atoms with E-state index in [-0.39, 0.29) is 22.0 Å². The van der Waals surface area contributed by atoms with E-state index in [1.165, 1.54) is 24.3 Å². The minimum absolute atomic E-state index is 0.0147.